The number of sulfonamides is 1. The molecule has 0 aliphatic rings. The summed E-state index contributed by atoms with van der Waals surface area (Å²) in [4.78, 5) is 10.1. The second-order valence-corrected chi connectivity index (χ2v) is 6.58. The van der Waals surface area contributed by atoms with Gasteiger partial charge < -0.3 is 5.11 Å². The molecule has 2 aromatic rings. The van der Waals surface area contributed by atoms with Crippen molar-refractivity contribution in [2.45, 2.75) is 17.4 Å². The normalized spacial score (nSPS) is 12.8. The minimum absolute atomic E-state index is 0.185. The van der Waals surface area contributed by atoms with Gasteiger partial charge in [-0.15, -0.1) is 0 Å². The van der Waals surface area contributed by atoms with Gasteiger partial charge in [-0.2, -0.15) is 0 Å². The van der Waals surface area contributed by atoms with Gasteiger partial charge in [0, 0.05) is 6.07 Å². The van der Waals surface area contributed by atoms with Crippen LogP contribution in [-0.4, -0.2) is 19.5 Å². The number of aliphatic carboxylic acids is 1. The molecule has 0 aromatic heterocycles. The molecule has 1 unspecified atom stereocenters. The van der Waals surface area contributed by atoms with E-state index in [9.17, 15) is 26.4 Å². The summed E-state index contributed by atoms with van der Waals surface area (Å²) in [6, 6.07) is 5.15. The molecule has 2 N–H and O–H groups in total. The number of hydrogen-bond donors (Lipinski definition) is 2. The highest BCUT2D eigenvalue weighted by Crippen LogP contribution is 2.22. The number of hydrogen-bond acceptors (Lipinski definition) is 3. The van der Waals surface area contributed by atoms with Crippen molar-refractivity contribution < 1.29 is 31.5 Å². The Labute approximate surface area is 135 Å². The number of carboxylic acids is 1. The molecule has 0 radical (unpaired) electrons. The zero-order valence-corrected chi connectivity index (χ0v) is 12.9. The Morgan fingerprint density at radius 3 is 2.17 bits per heavy atom. The molecule has 0 fully saturated rings. The topological polar surface area (TPSA) is 83.5 Å². The standard InChI is InChI=1S/C15H12F3NO4S/c16-10-3-1-9(2-4-10)13(8-15(20)21)19-24(22,23)14-6-5-11(17)7-12(14)18/h1-7,13,19H,8H2,(H,20,21). The number of halogens is 3. The van der Waals surface area contributed by atoms with Crippen LogP contribution in [0.4, 0.5) is 13.2 Å². The Kier molecular flexibility index (Phi) is 5.25. The van der Waals surface area contributed by atoms with E-state index in [2.05, 4.69) is 0 Å². The van der Waals surface area contributed by atoms with Gasteiger partial charge in [0.25, 0.3) is 0 Å². The van der Waals surface area contributed by atoms with Crippen molar-refractivity contribution in [1.29, 1.82) is 0 Å². The van der Waals surface area contributed by atoms with E-state index in [0.717, 1.165) is 24.3 Å². The number of rotatable bonds is 6. The Balaban J connectivity index is 2.37. The Bertz CT molecular complexity index is 854. The summed E-state index contributed by atoms with van der Waals surface area (Å²) in [5.74, 6) is -4.16. The van der Waals surface area contributed by atoms with Crippen LogP contribution in [0.25, 0.3) is 0 Å². The molecule has 2 aromatic carbocycles. The molecule has 0 saturated heterocycles. The van der Waals surface area contributed by atoms with Crippen molar-refractivity contribution in [2.75, 3.05) is 0 Å². The van der Waals surface area contributed by atoms with Gasteiger partial charge in [-0.25, -0.2) is 26.3 Å². The van der Waals surface area contributed by atoms with E-state index in [4.69, 9.17) is 5.11 Å². The third-order valence-electron chi connectivity index (χ3n) is 3.13. The summed E-state index contributed by atoms with van der Waals surface area (Å²) in [6.07, 6.45) is -0.645. The highest BCUT2D eigenvalue weighted by molar-refractivity contribution is 7.89. The first kappa shape index (κ1) is 18.0. The van der Waals surface area contributed by atoms with Gasteiger partial charge in [-0.3, -0.25) is 4.79 Å². The van der Waals surface area contributed by atoms with E-state index in [1.807, 2.05) is 4.72 Å². The first-order valence-electron chi connectivity index (χ1n) is 6.63. The van der Waals surface area contributed by atoms with E-state index in [1.165, 1.54) is 12.1 Å². The highest BCUT2D eigenvalue weighted by atomic mass is 32.2. The zero-order valence-electron chi connectivity index (χ0n) is 12.0. The van der Waals surface area contributed by atoms with E-state index >= 15 is 0 Å². The van der Waals surface area contributed by atoms with Crippen molar-refractivity contribution in [3.8, 4) is 0 Å². The number of benzene rings is 2. The number of carboxylic acid groups (broad SMARTS) is 1. The fourth-order valence-electron chi connectivity index (χ4n) is 2.04. The van der Waals surface area contributed by atoms with E-state index in [-0.39, 0.29) is 5.56 Å². The third kappa shape index (κ3) is 4.33. The molecule has 9 heteroatoms. The van der Waals surface area contributed by atoms with Crippen LogP contribution in [0.1, 0.15) is 18.0 Å². The van der Waals surface area contributed by atoms with Crippen molar-refractivity contribution in [1.82, 2.24) is 4.72 Å². The van der Waals surface area contributed by atoms with Crippen molar-refractivity contribution in [3.63, 3.8) is 0 Å². The molecule has 0 aliphatic heterocycles. The van der Waals surface area contributed by atoms with Crippen LogP contribution in [0.3, 0.4) is 0 Å². The predicted molar refractivity (Wildman–Crippen MR) is 78.1 cm³/mol. The molecule has 0 saturated carbocycles. The average molecular weight is 359 g/mol. The predicted octanol–water partition coefficient (Wildman–Crippen LogP) is 2.60. The zero-order chi connectivity index (χ0) is 17.9. The Morgan fingerprint density at radius 2 is 1.62 bits per heavy atom. The molecule has 24 heavy (non-hydrogen) atoms. The van der Waals surface area contributed by atoms with Gasteiger partial charge in [-0.05, 0) is 29.8 Å². The molecule has 5 nitrogen and oxygen atoms in total. The fourth-order valence-corrected chi connectivity index (χ4v) is 3.32. The molecule has 0 heterocycles. The second kappa shape index (κ2) is 7.02. The fraction of sp³-hybridized carbons (Fsp3) is 0.133. The van der Waals surface area contributed by atoms with Gasteiger partial charge in [0.2, 0.25) is 10.0 Å². The lowest BCUT2D eigenvalue weighted by Crippen LogP contribution is -2.31. The van der Waals surface area contributed by atoms with Crippen molar-refractivity contribution in [3.05, 3.63) is 65.5 Å². The summed E-state index contributed by atoms with van der Waals surface area (Å²) in [6.45, 7) is 0. The summed E-state index contributed by atoms with van der Waals surface area (Å²) in [7, 11) is -4.46. The van der Waals surface area contributed by atoms with Gasteiger partial charge in [0.1, 0.15) is 22.3 Å². The van der Waals surface area contributed by atoms with E-state index < -0.39 is 50.8 Å². The van der Waals surface area contributed by atoms with Crippen molar-refractivity contribution in [2.24, 2.45) is 0 Å². The third-order valence-corrected chi connectivity index (χ3v) is 4.64. The SMILES string of the molecule is O=C(O)CC(NS(=O)(=O)c1ccc(F)cc1F)c1ccc(F)cc1. The molecular weight excluding hydrogens is 347 g/mol. The van der Waals surface area contributed by atoms with Crippen LogP contribution in [0.15, 0.2) is 47.4 Å². The quantitative estimate of drug-likeness (QED) is 0.830. The lowest BCUT2D eigenvalue weighted by Gasteiger charge is -2.18. The summed E-state index contributed by atoms with van der Waals surface area (Å²) >= 11 is 0. The first-order valence-corrected chi connectivity index (χ1v) is 8.12. The lowest BCUT2D eigenvalue weighted by atomic mass is 10.1. The van der Waals surface area contributed by atoms with Crippen LogP contribution in [0.2, 0.25) is 0 Å². The molecule has 0 aliphatic carbocycles. The van der Waals surface area contributed by atoms with Crippen LogP contribution in [0.5, 0.6) is 0 Å². The number of nitrogens with one attached hydrogen (secondary N) is 1. The first-order chi connectivity index (χ1) is 11.2. The monoisotopic (exact) mass is 359 g/mol. The molecule has 2 rings (SSSR count). The molecule has 0 amide bonds. The largest absolute Gasteiger partial charge is 0.481 e. The van der Waals surface area contributed by atoms with Crippen LogP contribution in [-0.2, 0) is 14.8 Å². The molecule has 128 valence electrons. The van der Waals surface area contributed by atoms with Crippen molar-refractivity contribution >= 4 is 16.0 Å². The highest BCUT2D eigenvalue weighted by Gasteiger charge is 2.26. The Hall–Kier alpha value is -2.39. The molecule has 1 atom stereocenters. The molecule has 0 bridgehead atoms. The smallest absolute Gasteiger partial charge is 0.305 e. The minimum Gasteiger partial charge on any atom is -0.481 e. The second-order valence-electron chi connectivity index (χ2n) is 4.90. The summed E-state index contributed by atoms with van der Waals surface area (Å²) in [5.41, 5.74) is 0.185. The molecular formula is C15H12F3NO4S. The van der Waals surface area contributed by atoms with Gasteiger partial charge in [0.05, 0.1) is 12.5 Å². The average Bonchev–Trinajstić information content (AvgIpc) is 2.46. The maximum atomic E-state index is 13.7. The van der Waals surface area contributed by atoms with Crippen LogP contribution >= 0.6 is 0 Å². The van der Waals surface area contributed by atoms with Gasteiger partial charge in [0.15, 0.2) is 0 Å². The summed E-state index contributed by atoms with van der Waals surface area (Å²) in [5, 5.41) is 8.93. The van der Waals surface area contributed by atoms with E-state index in [1.54, 1.807) is 0 Å². The van der Waals surface area contributed by atoms with Gasteiger partial charge in [-0.1, -0.05) is 12.1 Å². The minimum atomic E-state index is -4.46. The van der Waals surface area contributed by atoms with Crippen LogP contribution in [0, 0.1) is 17.5 Å². The van der Waals surface area contributed by atoms with Gasteiger partial charge >= 0.3 is 5.97 Å². The lowest BCUT2D eigenvalue weighted by molar-refractivity contribution is -0.137. The molecule has 0 spiro atoms. The van der Waals surface area contributed by atoms with Crippen LogP contribution < -0.4 is 4.72 Å². The maximum Gasteiger partial charge on any atom is 0.305 e. The Morgan fingerprint density at radius 1 is 1.04 bits per heavy atom. The van der Waals surface area contributed by atoms with E-state index in [0.29, 0.717) is 6.07 Å². The maximum absolute atomic E-state index is 13.7. The number of carbonyl (C=O) groups is 1. The summed E-state index contributed by atoms with van der Waals surface area (Å²) < 4.78 is 66.1.